The second kappa shape index (κ2) is 5.58. The number of nitrogens with zero attached hydrogens (tertiary/aromatic N) is 6. The lowest BCUT2D eigenvalue weighted by atomic mass is 10.2. The number of fused-ring (bicyclic) bond motifs is 1. The van der Waals surface area contributed by atoms with Crippen LogP contribution in [-0.2, 0) is 0 Å². The molecule has 0 bridgehead atoms. The van der Waals surface area contributed by atoms with Crippen molar-refractivity contribution in [3.63, 3.8) is 0 Å². The smallest absolute Gasteiger partial charge is 0.163 e. The quantitative estimate of drug-likeness (QED) is 0.773. The van der Waals surface area contributed by atoms with E-state index in [2.05, 4.69) is 36.8 Å². The first-order valence-corrected chi connectivity index (χ1v) is 7.79. The average molecular weight is 309 g/mol. The number of aryl methyl sites for hydroxylation is 1. The van der Waals surface area contributed by atoms with Crippen molar-refractivity contribution in [1.29, 1.82) is 0 Å². The van der Waals surface area contributed by atoms with Crippen molar-refractivity contribution < 1.29 is 0 Å². The van der Waals surface area contributed by atoms with Gasteiger partial charge in [0, 0.05) is 44.1 Å². The van der Waals surface area contributed by atoms with Gasteiger partial charge in [-0.25, -0.2) is 15.0 Å². The number of hydrogen-bond donors (Lipinski definition) is 1. The molecule has 0 aliphatic carbocycles. The van der Waals surface area contributed by atoms with Gasteiger partial charge < -0.3 is 14.8 Å². The van der Waals surface area contributed by atoms with Gasteiger partial charge in [-0.15, -0.1) is 0 Å². The van der Waals surface area contributed by atoms with Crippen molar-refractivity contribution in [2.45, 2.75) is 6.92 Å². The summed E-state index contributed by atoms with van der Waals surface area (Å²) < 4.78 is 0. The number of pyridine rings is 1. The zero-order valence-corrected chi connectivity index (χ0v) is 13.3. The number of aromatic amines is 1. The van der Waals surface area contributed by atoms with Gasteiger partial charge >= 0.3 is 0 Å². The van der Waals surface area contributed by atoms with E-state index in [4.69, 9.17) is 4.98 Å². The third-order valence-corrected chi connectivity index (χ3v) is 4.19. The summed E-state index contributed by atoms with van der Waals surface area (Å²) in [5.74, 6) is 2.49. The van der Waals surface area contributed by atoms with Crippen molar-refractivity contribution in [3.8, 4) is 11.4 Å². The molecule has 1 saturated heterocycles. The molecule has 0 aromatic carbocycles. The van der Waals surface area contributed by atoms with Crippen molar-refractivity contribution in [2.75, 3.05) is 38.1 Å². The van der Waals surface area contributed by atoms with Gasteiger partial charge in [0.2, 0.25) is 0 Å². The molecule has 1 aliphatic heterocycles. The van der Waals surface area contributed by atoms with Crippen molar-refractivity contribution >= 4 is 17.0 Å². The average Bonchev–Trinajstić information content (AvgIpc) is 2.99. The van der Waals surface area contributed by atoms with Gasteiger partial charge in [-0.2, -0.15) is 0 Å². The van der Waals surface area contributed by atoms with Crippen LogP contribution in [0.1, 0.15) is 5.82 Å². The largest absolute Gasteiger partial charge is 0.352 e. The zero-order chi connectivity index (χ0) is 15.8. The molecule has 0 spiro atoms. The highest BCUT2D eigenvalue weighted by atomic mass is 15.3. The molecule has 1 N–H and O–H groups in total. The predicted octanol–water partition coefficient (Wildman–Crippen LogP) is 1.48. The fraction of sp³-hybridized carbons (Fsp3) is 0.375. The van der Waals surface area contributed by atoms with E-state index < -0.39 is 0 Å². The SMILES string of the molecule is Cc1nc(N2CCN(C)CC2)c2nc(-c3ccncc3)[nH]c2n1. The summed E-state index contributed by atoms with van der Waals surface area (Å²) in [5.41, 5.74) is 2.63. The fourth-order valence-corrected chi connectivity index (χ4v) is 2.88. The van der Waals surface area contributed by atoms with Crippen LogP contribution < -0.4 is 4.90 Å². The summed E-state index contributed by atoms with van der Waals surface area (Å²) in [6.07, 6.45) is 3.53. The lowest BCUT2D eigenvalue weighted by Crippen LogP contribution is -2.45. The van der Waals surface area contributed by atoms with Gasteiger partial charge in [-0.1, -0.05) is 0 Å². The Bertz CT molecular complexity index is 819. The summed E-state index contributed by atoms with van der Waals surface area (Å²) in [6.45, 7) is 5.91. The van der Waals surface area contributed by atoms with E-state index in [1.165, 1.54) is 0 Å². The molecule has 4 rings (SSSR count). The summed E-state index contributed by atoms with van der Waals surface area (Å²) in [7, 11) is 2.15. The lowest BCUT2D eigenvalue weighted by molar-refractivity contribution is 0.312. The first-order chi connectivity index (χ1) is 11.2. The normalized spacial score (nSPS) is 16.2. The molecular formula is C16H19N7. The van der Waals surface area contributed by atoms with Crippen molar-refractivity contribution in [3.05, 3.63) is 30.4 Å². The molecule has 0 atom stereocenters. The van der Waals surface area contributed by atoms with Crippen molar-refractivity contribution in [2.24, 2.45) is 0 Å². The molecule has 3 aromatic rings. The molecule has 3 aromatic heterocycles. The molecule has 4 heterocycles. The summed E-state index contributed by atoms with van der Waals surface area (Å²) in [5, 5.41) is 0. The monoisotopic (exact) mass is 309 g/mol. The minimum Gasteiger partial charge on any atom is -0.352 e. The van der Waals surface area contributed by atoms with Gasteiger partial charge in [0.15, 0.2) is 17.0 Å². The zero-order valence-electron chi connectivity index (χ0n) is 13.3. The number of piperazine rings is 1. The van der Waals surface area contributed by atoms with Gasteiger partial charge in [-0.05, 0) is 26.1 Å². The molecule has 1 fully saturated rings. The van der Waals surface area contributed by atoms with Crippen LogP contribution in [0.25, 0.3) is 22.6 Å². The van der Waals surface area contributed by atoms with Crippen LogP contribution >= 0.6 is 0 Å². The number of H-pyrrole nitrogens is 1. The van der Waals surface area contributed by atoms with Crippen LogP contribution in [0.2, 0.25) is 0 Å². The molecule has 0 radical (unpaired) electrons. The molecular weight excluding hydrogens is 290 g/mol. The van der Waals surface area contributed by atoms with Crippen LogP contribution in [0, 0.1) is 6.92 Å². The Hall–Kier alpha value is -2.54. The maximum Gasteiger partial charge on any atom is 0.163 e. The van der Waals surface area contributed by atoms with E-state index in [9.17, 15) is 0 Å². The number of hydrogen-bond acceptors (Lipinski definition) is 6. The van der Waals surface area contributed by atoms with Crippen LogP contribution in [0.3, 0.4) is 0 Å². The number of nitrogens with one attached hydrogen (secondary N) is 1. The van der Waals surface area contributed by atoms with Crippen molar-refractivity contribution in [1.82, 2.24) is 29.8 Å². The second-order valence-corrected chi connectivity index (χ2v) is 5.90. The molecule has 0 unspecified atom stereocenters. The third kappa shape index (κ3) is 2.63. The Morgan fingerprint density at radius 1 is 1.00 bits per heavy atom. The summed E-state index contributed by atoms with van der Waals surface area (Å²) in [6, 6.07) is 3.88. The van der Waals surface area contributed by atoms with E-state index in [0.717, 1.165) is 60.4 Å². The Morgan fingerprint density at radius 2 is 1.74 bits per heavy atom. The fourth-order valence-electron chi connectivity index (χ4n) is 2.88. The topological polar surface area (TPSA) is 73.8 Å². The number of rotatable bonds is 2. The second-order valence-electron chi connectivity index (χ2n) is 5.90. The number of likely N-dealkylation sites (N-methyl/N-ethyl adjacent to an activating group) is 1. The maximum atomic E-state index is 4.75. The molecule has 1 aliphatic rings. The van der Waals surface area contributed by atoms with E-state index >= 15 is 0 Å². The highest BCUT2D eigenvalue weighted by Crippen LogP contribution is 2.26. The molecule has 0 amide bonds. The van der Waals surface area contributed by atoms with E-state index in [-0.39, 0.29) is 0 Å². The minimum absolute atomic E-state index is 0.761. The predicted molar refractivity (Wildman–Crippen MR) is 89.4 cm³/mol. The molecule has 0 saturated carbocycles. The van der Waals surface area contributed by atoms with Crippen LogP contribution in [0.5, 0.6) is 0 Å². The van der Waals surface area contributed by atoms with Gasteiger partial charge in [-0.3, -0.25) is 4.98 Å². The Morgan fingerprint density at radius 3 is 2.48 bits per heavy atom. The number of anilines is 1. The summed E-state index contributed by atoms with van der Waals surface area (Å²) in [4.78, 5) is 25.9. The van der Waals surface area contributed by atoms with Crippen LogP contribution in [0.4, 0.5) is 5.82 Å². The highest BCUT2D eigenvalue weighted by Gasteiger charge is 2.21. The summed E-state index contributed by atoms with van der Waals surface area (Å²) >= 11 is 0. The molecule has 7 heteroatoms. The minimum atomic E-state index is 0.761. The van der Waals surface area contributed by atoms with Crippen LogP contribution in [-0.4, -0.2) is 63.0 Å². The Balaban J connectivity index is 1.80. The standard InChI is InChI=1S/C16H19N7/c1-11-18-15-13(16(19-11)23-9-7-22(2)8-10-23)20-14(21-15)12-3-5-17-6-4-12/h3-6H,7-10H2,1-2H3,(H,18,19,20,21). The molecule has 118 valence electrons. The number of imidazole rings is 1. The van der Waals surface area contributed by atoms with E-state index in [1.807, 2.05) is 19.1 Å². The Kier molecular flexibility index (Phi) is 3.42. The maximum absolute atomic E-state index is 4.75. The first kappa shape index (κ1) is 14.1. The van der Waals surface area contributed by atoms with E-state index in [0.29, 0.717) is 0 Å². The highest BCUT2D eigenvalue weighted by molar-refractivity contribution is 5.86. The van der Waals surface area contributed by atoms with Gasteiger partial charge in [0.05, 0.1) is 0 Å². The van der Waals surface area contributed by atoms with Crippen LogP contribution in [0.15, 0.2) is 24.5 Å². The molecule has 7 nitrogen and oxygen atoms in total. The van der Waals surface area contributed by atoms with Gasteiger partial charge in [0.25, 0.3) is 0 Å². The number of aromatic nitrogens is 5. The Labute approximate surface area is 134 Å². The lowest BCUT2D eigenvalue weighted by Gasteiger charge is -2.33. The molecule has 23 heavy (non-hydrogen) atoms. The van der Waals surface area contributed by atoms with Gasteiger partial charge in [0.1, 0.15) is 11.6 Å². The first-order valence-electron chi connectivity index (χ1n) is 7.79. The van der Waals surface area contributed by atoms with E-state index in [1.54, 1.807) is 12.4 Å². The third-order valence-electron chi connectivity index (χ3n) is 4.19.